The lowest BCUT2D eigenvalue weighted by molar-refractivity contribution is -0.138. The highest BCUT2D eigenvalue weighted by atomic mass is 16.4. The van der Waals surface area contributed by atoms with Gasteiger partial charge in [0, 0.05) is 20.1 Å². The average molecular weight is 246 g/mol. The number of hydrogen-bond acceptors (Lipinski definition) is 4. The van der Waals surface area contributed by atoms with Crippen molar-refractivity contribution in [2.24, 2.45) is 5.73 Å². The van der Waals surface area contributed by atoms with Gasteiger partial charge in [-0.25, -0.2) is 4.79 Å². The number of carbonyl (C=O) groups is 3. The second kappa shape index (κ2) is 7.44. The quantitative estimate of drug-likeness (QED) is 0.486. The predicted octanol–water partition coefficient (Wildman–Crippen LogP) is -1.87. The number of carboxylic acid groups (broad SMARTS) is 1. The van der Waals surface area contributed by atoms with E-state index in [1.54, 1.807) is 7.05 Å². The molecule has 0 aromatic rings. The minimum atomic E-state index is -1.19. The summed E-state index contributed by atoms with van der Waals surface area (Å²) in [7, 11) is 3.26. The predicted molar refractivity (Wildman–Crippen MR) is 60.4 cm³/mol. The molecule has 3 amide bonds. The fourth-order valence-electron chi connectivity index (χ4n) is 1.16. The Bertz CT molecular complexity index is 279. The van der Waals surface area contributed by atoms with Crippen LogP contribution in [0.2, 0.25) is 0 Å². The summed E-state index contributed by atoms with van der Waals surface area (Å²) in [6.45, 7) is 0.0185. The van der Waals surface area contributed by atoms with Gasteiger partial charge in [0.15, 0.2) is 0 Å². The summed E-state index contributed by atoms with van der Waals surface area (Å²) in [6.07, 6.45) is 0. The van der Waals surface area contributed by atoms with Crippen molar-refractivity contribution in [1.29, 1.82) is 0 Å². The van der Waals surface area contributed by atoms with Gasteiger partial charge in [0.05, 0.1) is 0 Å². The van der Waals surface area contributed by atoms with Crippen molar-refractivity contribution in [3.63, 3.8) is 0 Å². The molecule has 0 aromatic carbocycles. The van der Waals surface area contributed by atoms with Crippen molar-refractivity contribution >= 4 is 17.9 Å². The summed E-state index contributed by atoms with van der Waals surface area (Å²) in [5.41, 5.74) is 4.95. The highest BCUT2D eigenvalue weighted by molar-refractivity contribution is 5.85. The Morgan fingerprint density at radius 3 is 2.29 bits per heavy atom. The van der Waals surface area contributed by atoms with Crippen molar-refractivity contribution in [1.82, 2.24) is 15.1 Å². The molecule has 0 fully saturated rings. The first kappa shape index (κ1) is 15.2. The maximum atomic E-state index is 11.8. The van der Waals surface area contributed by atoms with Crippen LogP contribution in [0.3, 0.4) is 0 Å². The molecule has 0 radical (unpaired) electrons. The Hall–Kier alpha value is -1.83. The van der Waals surface area contributed by atoms with Crippen LogP contribution in [0, 0.1) is 0 Å². The normalized spacial score (nSPS) is 9.76. The lowest BCUT2D eigenvalue weighted by Crippen LogP contribution is -2.48. The highest BCUT2D eigenvalue weighted by Gasteiger charge is 2.21. The number of nitrogens with one attached hydrogen (secondary N) is 1. The molecule has 8 heteroatoms. The Kier molecular flexibility index (Phi) is 6.64. The molecular weight excluding hydrogens is 228 g/mol. The van der Waals surface area contributed by atoms with Crippen LogP contribution in [0.5, 0.6) is 0 Å². The van der Waals surface area contributed by atoms with Gasteiger partial charge in [-0.05, 0) is 7.05 Å². The molecular formula is C9H18N4O4. The first-order chi connectivity index (χ1) is 7.88. The molecule has 0 rings (SSSR count). The molecule has 0 aromatic heterocycles. The second-order valence-corrected chi connectivity index (χ2v) is 3.52. The Labute approximate surface area is 99.3 Å². The zero-order valence-electron chi connectivity index (χ0n) is 9.97. The van der Waals surface area contributed by atoms with Crippen LogP contribution in [0.1, 0.15) is 0 Å². The number of carboxylic acids is 1. The largest absolute Gasteiger partial charge is 0.480 e. The van der Waals surface area contributed by atoms with Gasteiger partial charge < -0.3 is 26.0 Å². The standard InChI is InChI=1S/C9H18N4O4/c1-11-3-4-12(2)9(17)13(5-7(10)14)6-8(15)16/h11H,3-6H2,1-2H3,(H2,10,14)(H,15,16). The van der Waals surface area contributed by atoms with E-state index in [-0.39, 0.29) is 0 Å². The Morgan fingerprint density at radius 2 is 1.88 bits per heavy atom. The molecule has 17 heavy (non-hydrogen) atoms. The van der Waals surface area contributed by atoms with Crippen LogP contribution in [0.15, 0.2) is 0 Å². The molecule has 0 heterocycles. The molecule has 0 aliphatic rings. The van der Waals surface area contributed by atoms with Gasteiger partial charge >= 0.3 is 12.0 Å². The molecule has 0 aliphatic carbocycles. The third-order valence-corrected chi connectivity index (χ3v) is 1.97. The molecule has 0 bridgehead atoms. The monoisotopic (exact) mass is 246 g/mol. The van der Waals surface area contributed by atoms with E-state index >= 15 is 0 Å². The number of carbonyl (C=O) groups excluding carboxylic acids is 2. The number of hydrogen-bond donors (Lipinski definition) is 3. The molecule has 0 saturated carbocycles. The minimum absolute atomic E-state index is 0.407. The van der Waals surface area contributed by atoms with Crippen LogP contribution in [-0.4, -0.2) is 73.1 Å². The van der Waals surface area contributed by atoms with Crippen LogP contribution < -0.4 is 11.1 Å². The highest BCUT2D eigenvalue weighted by Crippen LogP contribution is 1.96. The number of amides is 3. The maximum absolute atomic E-state index is 11.8. The van der Waals surface area contributed by atoms with E-state index in [1.165, 1.54) is 11.9 Å². The van der Waals surface area contributed by atoms with Crippen molar-refractivity contribution < 1.29 is 19.5 Å². The zero-order chi connectivity index (χ0) is 13.4. The fraction of sp³-hybridized carbons (Fsp3) is 0.667. The van der Waals surface area contributed by atoms with Crippen LogP contribution in [-0.2, 0) is 9.59 Å². The van der Waals surface area contributed by atoms with Crippen LogP contribution in [0.25, 0.3) is 0 Å². The summed E-state index contributed by atoms with van der Waals surface area (Å²) in [5, 5.41) is 11.5. The van der Waals surface area contributed by atoms with E-state index in [9.17, 15) is 14.4 Å². The lowest BCUT2D eigenvalue weighted by atomic mass is 10.4. The number of likely N-dealkylation sites (N-methyl/N-ethyl adjacent to an activating group) is 2. The third kappa shape index (κ3) is 6.36. The number of nitrogens with two attached hydrogens (primary N) is 1. The summed E-state index contributed by atoms with van der Waals surface area (Å²) in [6, 6.07) is -0.540. The SMILES string of the molecule is CNCCN(C)C(=O)N(CC(N)=O)CC(=O)O. The molecule has 0 aliphatic heterocycles. The Morgan fingerprint density at radius 1 is 1.29 bits per heavy atom. The van der Waals surface area contributed by atoms with E-state index in [0.717, 1.165) is 4.90 Å². The number of nitrogens with zero attached hydrogens (tertiary/aromatic N) is 2. The minimum Gasteiger partial charge on any atom is -0.480 e. The summed E-state index contributed by atoms with van der Waals surface area (Å²) in [4.78, 5) is 35.3. The summed E-state index contributed by atoms with van der Waals surface area (Å²) < 4.78 is 0. The fourth-order valence-corrected chi connectivity index (χ4v) is 1.16. The number of primary amides is 1. The molecule has 98 valence electrons. The Balaban J connectivity index is 4.49. The molecule has 0 spiro atoms. The van der Waals surface area contributed by atoms with Gasteiger partial charge in [-0.2, -0.15) is 0 Å². The topological polar surface area (TPSA) is 116 Å². The molecule has 8 nitrogen and oxygen atoms in total. The van der Waals surface area contributed by atoms with Crippen LogP contribution >= 0.6 is 0 Å². The average Bonchev–Trinajstić information content (AvgIpc) is 2.22. The lowest BCUT2D eigenvalue weighted by Gasteiger charge is -2.25. The number of aliphatic carboxylic acids is 1. The van der Waals surface area contributed by atoms with Crippen molar-refractivity contribution in [2.75, 3.05) is 40.3 Å². The van der Waals surface area contributed by atoms with Crippen molar-refractivity contribution in [3.05, 3.63) is 0 Å². The van der Waals surface area contributed by atoms with Crippen molar-refractivity contribution in [3.8, 4) is 0 Å². The molecule has 0 unspecified atom stereocenters. The van der Waals surface area contributed by atoms with E-state index in [2.05, 4.69) is 5.32 Å². The summed E-state index contributed by atoms with van der Waals surface area (Å²) >= 11 is 0. The first-order valence-corrected chi connectivity index (χ1v) is 5.03. The van der Waals surface area contributed by atoms with Gasteiger partial charge in [0.1, 0.15) is 13.1 Å². The molecule has 4 N–H and O–H groups in total. The first-order valence-electron chi connectivity index (χ1n) is 5.03. The van der Waals surface area contributed by atoms with E-state index in [4.69, 9.17) is 10.8 Å². The maximum Gasteiger partial charge on any atom is 0.323 e. The van der Waals surface area contributed by atoms with Gasteiger partial charge in [-0.3, -0.25) is 9.59 Å². The molecule has 0 atom stereocenters. The second-order valence-electron chi connectivity index (χ2n) is 3.52. The van der Waals surface area contributed by atoms with Gasteiger partial charge in [0.25, 0.3) is 0 Å². The van der Waals surface area contributed by atoms with Gasteiger partial charge in [0.2, 0.25) is 5.91 Å². The number of rotatable bonds is 7. The van der Waals surface area contributed by atoms with Crippen molar-refractivity contribution in [2.45, 2.75) is 0 Å². The van der Waals surface area contributed by atoms with E-state index in [1.807, 2.05) is 0 Å². The summed E-state index contributed by atoms with van der Waals surface area (Å²) in [5.74, 6) is -1.94. The van der Waals surface area contributed by atoms with Crippen LogP contribution in [0.4, 0.5) is 4.79 Å². The number of urea groups is 1. The zero-order valence-corrected chi connectivity index (χ0v) is 9.97. The molecule has 0 saturated heterocycles. The smallest absolute Gasteiger partial charge is 0.323 e. The van der Waals surface area contributed by atoms with Gasteiger partial charge in [-0.15, -0.1) is 0 Å². The third-order valence-electron chi connectivity index (χ3n) is 1.97. The van der Waals surface area contributed by atoms with E-state index in [0.29, 0.717) is 13.1 Å². The van der Waals surface area contributed by atoms with E-state index < -0.39 is 31.0 Å². The van der Waals surface area contributed by atoms with Gasteiger partial charge in [-0.1, -0.05) is 0 Å².